The molecule has 0 radical (unpaired) electrons. The van der Waals surface area contributed by atoms with E-state index >= 15 is 0 Å². The van der Waals surface area contributed by atoms with Crippen LogP contribution in [0, 0.1) is 93.0 Å². The highest BCUT2D eigenvalue weighted by Gasteiger charge is 2.25. The number of nitro groups is 1. The van der Waals surface area contributed by atoms with E-state index in [1.54, 1.807) is 54.5 Å². The van der Waals surface area contributed by atoms with Gasteiger partial charge in [0.05, 0.1) is 37.1 Å². The molecule has 0 fully saturated rings. The van der Waals surface area contributed by atoms with Crippen LogP contribution in [-0.2, 0) is 28.6 Å². The van der Waals surface area contributed by atoms with Crippen molar-refractivity contribution in [1.82, 2.24) is 0 Å². The second-order valence-corrected chi connectivity index (χ2v) is 48.4. The van der Waals surface area contributed by atoms with Gasteiger partial charge in [-0.2, -0.15) is 11.8 Å². The molecular formula is C95H203F3N2O8S10. The Bertz CT molecular complexity index is 2030. The Labute approximate surface area is 778 Å². The zero-order valence-electron chi connectivity index (χ0n) is 85.1. The van der Waals surface area contributed by atoms with Crippen LogP contribution in [0.3, 0.4) is 0 Å². The lowest BCUT2D eigenvalue weighted by Crippen LogP contribution is -2.17. The van der Waals surface area contributed by atoms with Crippen molar-refractivity contribution in [3.05, 3.63) is 65.8 Å². The number of hydrogen-bond donors (Lipinski definition) is 1. The minimum Gasteiger partial charge on any atom is -0.466 e. The first-order valence-corrected chi connectivity index (χ1v) is 55.2. The van der Waals surface area contributed by atoms with Crippen LogP contribution in [0.25, 0.3) is 0 Å². The summed E-state index contributed by atoms with van der Waals surface area (Å²) in [5.41, 5.74) is 5.11. The molecular weight excluding hydrogens is 1670 g/mol. The number of carbonyl (C=O) groups excluding carboxylic acids is 3. The zero-order chi connectivity index (χ0) is 96.2. The van der Waals surface area contributed by atoms with Crippen molar-refractivity contribution in [3.63, 3.8) is 0 Å². The van der Waals surface area contributed by atoms with Crippen molar-refractivity contribution in [2.24, 2.45) is 88.6 Å². The van der Waals surface area contributed by atoms with Crippen molar-refractivity contribution in [2.75, 3.05) is 66.3 Å². The van der Waals surface area contributed by atoms with E-state index in [1.165, 1.54) is 71.9 Å². The van der Waals surface area contributed by atoms with Gasteiger partial charge in [-0.25, -0.2) is 13.2 Å². The van der Waals surface area contributed by atoms with Gasteiger partial charge in [0, 0.05) is 79.3 Å². The molecule has 23 heteroatoms. The molecule has 2 unspecified atom stereocenters. The molecule has 10 nitrogen and oxygen atoms in total. The normalized spacial score (nSPS) is 10.8. The minimum atomic E-state index is -2.50. The van der Waals surface area contributed by atoms with Gasteiger partial charge in [-0.05, 0) is 123 Å². The van der Waals surface area contributed by atoms with Gasteiger partial charge in [-0.3, -0.25) is 24.5 Å². The second-order valence-electron chi connectivity index (χ2n) is 34.1. The summed E-state index contributed by atoms with van der Waals surface area (Å²) in [6, 6.07) is 10.5. The smallest absolute Gasteiger partial charge is 0.308 e. The number of halogens is 3. The van der Waals surface area contributed by atoms with Gasteiger partial charge in [0.1, 0.15) is 6.61 Å². The van der Waals surface area contributed by atoms with Crippen molar-refractivity contribution in [3.8, 4) is 0 Å². The lowest BCUT2D eigenvalue weighted by Gasteiger charge is -2.16. The number of esters is 3. The van der Waals surface area contributed by atoms with Crippen molar-refractivity contribution in [1.29, 1.82) is 0 Å². The molecule has 0 aliphatic rings. The summed E-state index contributed by atoms with van der Waals surface area (Å²) in [5.74, 6) is 13.0. The third kappa shape index (κ3) is 212. The number of nitrogens with zero attached hydrogens (tertiary/aromatic N) is 1. The number of benzene rings is 1. The number of hydrogen-bond acceptors (Lipinski definition) is 19. The van der Waals surface area contributed by atoms with Crippen LogP contribution in [0.15, 0.2) is 60.5 Å². The van der Waals surface area contributed by atoms with Crippen molar-refractivity contribution < 1.29 is 46.7 Å². The number of thioether (sulfide) groups is 2. The summed E-state index contributed by atoms with van der Waals surface area (Å²) >= 11 is 3.97. The molecule has 1 rings (SSSR count). The fourth-order valence-corrected chi connectivity index (χ4v) is 14.4. The number of carbonyl (C=O) groups is 3. The van der Waals surface area contributed by atoms with E-state index < -0.39 is 24.1 Å². The van der Waals surface area contributed by atoms with Crippen LogP contribution >= 0.6 is 110 Å². The molecule has 0 heterocycles. The number of alkyl halides is 3. The third-order valence-electron chi connectivity index (χ3n) is 12.1. The summed E-state index contributed by atoms with van der Waals surface area (Å²) in [7, 11) is 15.6. The van der Waals surface area contributed by atoms with Crippen molar-refractivity contribution in [2.45, 2.75) is 390 Å². The summed E-state index contributed by atoms with van der Waals surface area (Å²) in [6.07, 6.45) is 8.72. The van der Waals surface area contributed by atoms with Gasteiger partial charge in [0.25, 0.3) is 0 Å². The summed E-state index contributed by atoms with van der Waals surface area (Å²) in [5, 5.41) is 11.1. The summed E-state index contributed by atoms with van der Waals surface area (Å²) < 4.78 is 50.0. The Kier molecular flexibility index (Phi) is 151. The molecule has 0 bridgehead atoms. The largest absolute Gasteiger partial charge is 0.466 e. The van der Waals surface area contributed by atoms with Gasteiger partial charge in [-0.15, -0.1) is 18.3 Å². The molecule has 2 atom stereocenters. The molecule has 0 aromatic heterocycles. The van der Waals surface area contributed by atoms with Crippen molar-refractivity contribution >= 4 is 128 Å². The standard InChI is InChI=1S/C10H14S.C8H18S2.C7H12O2.C7H16S2.C7H16S.2C6H12O2.C6H14S2.C6H12.C5H10F2.C5H11F.C5H12S2.2C5H12.C3H7NO2.C3H9N.CH4/c1-9(2)8-11-10-6-4-3-5-7-10;1-7(2)6-9-10-8(3,4)5;1-4-5-9-7(8)6(2)3;1-6(2)5-8-9-7(3)4;1-5-8-7(4)6(2)3;2*1-4-8-6(7)5(2)3;1-4-7-8-5-6(2)3;1-4-5-6(2)3;1-4(2)5(3,6)7;1-4(2)5(3)6;1-5(2)4-7-6-3;2*1-4-5(2)3;1-3(2)4(5)6;1-3(2)4;/h3-7,9H,8H2,1-2H3;7H,6H2,1-5H3;4,6H,1,5H2,2-3H3;6-7H,5H2,1-4H3;6-7H,5H2,1-4H3;2*5H,4H2,1-3H3;6H,4-5H2,1-3H3;4,6H,1,5H2,2-3H3;4H,1-3H3;4-5H,1-3H3;5H,4H2,1-3H3;2*5H,4H2,1-3H3;3H,1-2H3;3H,4H2,1-2H3;1H4. The minimum absolute atomic E-state index is 0. The van der Waals surface area contributed by atoms with E-state index in [-0.39, 0.29) is 53.9 Å². The van der Waals surface area contributed by atoms with Gasteiger partial charge >= 0.3 is 17.9 Å². The predicted octanol–water partition coefficient (Wildman–Crippen LogP) is 35.2. The molecule has 1 aromatic rings. The average molecular weight is 1880 g/mol. The SMILES string of the molecule is C.C=CCC(C)C.C=CCOC(=O)C(C)C.CC(C)C(C)(F)F.CC(C)C(C)F.CC(C)CSSC(C)(C)C.CC(C)CSSC(C)C.CC(C)CSc1ccccc1.CC(C)N.CC(C)[N+](=O)[O-].CCC(C)C.CCC(C)C.CCOC(=O)C(C)C.CCOC(=O)C(C)C.CCSC(C)C(C)C.CCSSCC(C)C.CSSCC(C)C. The molecule has 722 valence electrons. The maximum absolute atomic E-state index is 11.8. The molecule has 0 saturated carbocycles. The lowest BCUT2D eigenvalue weighted by atomic mass is 10.1. The maximum Gasteiger partial charge on any atom is 0.308 e. The first kappa shape index (κ1) is 155. The van der Waals surface area contributed by atoms with Crippen LogP contribution in [0.4, 0.5) is 13.2 Å². The van der Waals surface area contributed by atoms with Crippen LogP contribution in [0.5, 0.6) is 0 Å². The number of ether oxygens (including phenoxy) is 3. The molecule has 0 aliphatic carbocycles. The maximum atomic E-state index is 11.8. The van der Waals surface area contributed by atoms with Crippen LogP contribution < -0.4 is 5.73 Å². The van der Waals surface area contributed by atoms with Gasteiger partial charge in [0.15, 0.2) is 0 Å². The molecule has 0 spiro atoms. The molecule has 2 N–H and O–H groups in total. The fraction of sp³-hybridized carbons (Fsp3) is 0.863. The van der Waals surface area contributed by atoms with E-state index in [1.807, 2.05) is 171 Å². The third-order valence-corrected chi connectivity index (χ3v) is 26.9. The number of nitrogens with two attached hydrogens (primary N) is 1. The Hall–Kier alpha value is -0.240. The highest BCUT2D eigenvalue weighted by Crippen LogP contribution is 2.36. The quantitative estimate of drug-likeness (QED) is 0.0102. The Morgan fingerprint density at radius 3 is 0.983 bits per heavy atom. The molecule has 0 amide bonds. The number of allylic oxidation sites excluding steroid dienone is 1. The van der Waals surface area contributed by atoms with E-state index in [0.29, 0.717) is 30.6 Å². The molecule has 1 aromatic carbocycles. The number of rotatable bonds is 34. The van der Waals surface area contributed by atoms with E-state index in [0.717, 1.165) is 77.1 Å². The van der Waals surface area contributed by atoms with Gasteiger partial charge in [0.2, 0.25) is 12.0 Å². The first-order chi connectivity index (χ1) is 53.4. The van der Waals surface area contributed by atoms with E-state index in [4.69, 9.17) is 10.5 Å². The zero-order valence-corrected chi connectivity index (χ0v) is 93.3. The lowest BCUT2D eigenvalue weighted by molar-refractivity contribution is -0.513. The van der Waals surface area contributed by atoms with Crippen LogP contribution in [0.1, 0.15) is 345 Å². The topological polar surface area (TPSA) is 148 Å². The summed E-state index contributed by atoms with van der Waals surface area (Å²) in [6.45, 7) is 102. The second kappa shape index (κ2) is 115. The Morgan fingerprint density at radius 2 is 0.805 bits per heavy atom. The van der Waals surface area contributed by atoms with Gasteiger partial charge in [-0.1, -0.05) is 420 Å². The van der Waals surface area contributed by atoms with Crippen LogP contribution in [0.2, 0.25) is 0 Å². The molecule has 118 heavy (non-hydrogen) atoms. The predicted molar refractivity (Wildman–Crippen MR) is 563 cm³/mol. The van der Waals surface area contributed by atoms with Crippen LogP contribution in [-0.4, -0.2) is 129 Å². The highest BCUT2D eigenvalue weighted by molar-refractivity contribution is 8.77. The van der Waals surface area contributed by atoms with Gasteiger partial charge < -0.3 is 19.9 Å². The Morgan fingerprint density at radius 1 is 0.492 bits per heavy atom. The highest BCUT2D eigenvalue weighted by atomic mass is 33.1. The average Bonchev–Trinajstić information content (AvgIpc) is 0.948. The Balaban J connectivity index is -0.0000000675. The fourth-order valence-electron chi connectivity index (χ4n) is 3.62. The monoisotopic (exact) mass is 1880 g/mol. The molecule has 0 saturated heterocycles. The molecule has 0 aliphatic heterocycles. The van der Waals surface area contributed by atoms with E-state index in [2.05, 4.69) is 253 Å². The summed E-state index contributed by atoms with van der Waals surface area (Å²) in [4.78, 5) is 42.2. The van der Waals surface area contributed by atoms with E-state index in [9.17, 15) is 37.7 Å². The first-order valence-electron chi connectivity index (χ1n) is 43.3.